The summed E-state index contributed by atoms with van der Waals surface area (Å²) in [6.45, 7) is 0.394. The molecule has 2 aromatic heterocycles. The number of nitrogens with zero attached hydrogens (tertiary/aromatic N) is 6. The monoisotopic (exact) mass is 363 g/mol. The number of aromatic nitrogens is 4. The Morgan fingerprint density at radius 3 is 2.58 bits per heavy atom. The van der Waals surface area contributed by atoms with Crippen molar-refractivity contribution >= 4 is 17.6 Å². The van der Waals surface area contributed by atoms with Gasteiger partial charge in [-0.15, -0.1) is 5.10 Å². The van der Waals surface area contributed by atoms with Gasteiger partial charge in [0.25, 0.3) is 0 Å². The first-order valence-electron chi connectivity index (χ1n) is 7.84. The van der Waals surface area contributed by atoms with Gasteiger partial charge in [0.15, 0.2) is 11.6 Å². The predicted molar refractivity (Wildman–Crippen MR) is 101 cm³/mol. The van der Waals surface area contributed by atoms with Crippen molar-refractivity contribution in [3.63, 3.8) is 0 Å². The predicted octanol–water partition coefficient (Wildman–Crippen LogP) is 2.48. The van der Waals surface area contributed by atoms with E-state index in [0.29, 0.717) is 17.9 Å². The van der Waals surface area contributed by atoms with Gasteiger partial charge in [-0.05, 0) is 24.3 Å². The second-order valence-electron chi connectivity index (χ2n) is 5.69. The van der Waals surface area contributed by atoms with Crippen LogP contribution in [0.1, 0.15) is 11.1 Å². The van der Waals surface area contributed by atoms with Crippen LogP contribution in [0.5, 0.6) is 0 Å². The molecule has 8 heteroatoms. The Bertz CT molecular complexity index is 948. The number of rotatable bonds is 5. The molecule has 130 valence electrons. The third-order valence-corrected chi connectivity index (χ3v) is 4.61. The molecule has 2 heterocycles. The van der Waals surface area contributed by atoms with Gasteiger partial charge >= 0.3 is 0 Å². The highest BCUT2D eigenvalue weighted by Gasteiger charge is 2.12. The van der Waals surface area contributed by atoms with E-state index in [1.807, 2.05) is 37.2 Å². The molecule has 0 aliphatic heterocycles. The minimum absolute atomic E-state index is 0.394. The Morgan fingerprint density at radius 2 is 1.92 bits per heavy atom. The quantitative estimate of drug-likeness (QED) is 0.737. The molecule has 26 heavy (non-hydrogen) atoms. The molecule has 1 aromatic carbocycles. The molecule has 3 rings (SSSR count). The molecule has 0 amide bonds. The molecule has 0 unspecified atom stereocenters. The number of hydrogen-bond donors (Lipinski definition) is 1. The van der Waals surface area contributed by atoms with Crippen molar-refractivity contribution in [3.05, 3.63) is 54.0 Å². The van der Waals surface area contributed by atoms with Crippen molar-refractivity contribution < 1.29 is 0 Å². The smallest absolute Gasteiger partial charge is 0.160 e. The molecule has 0 radical (unpaired) electrons. The highest BCUT2D eigenvalue weighted by Crippen LogP contribution is 2.35. The molecule has 0 saturated carbocycles. The molecule has 0 atom stereocenters. The normalized spacial score (nSPS) is 10.4. The van der Waals surface area contributed by atoms with Crippen LogP contribution in [0.2, 0.25) is 0 Å². The van der Waals surface area contributed by atoms with Crippen molar-refractivity contribution in [2.24, 2.45) is 5.73 Å². The SMILES string of the molecule is CN(C)c1cc(Sc2cc(C#N)ccc2-c2ncc(CN)cn2)cnn1. The maximum atomic E-state index is 9.24. The van der Waals surface area contributed by atoms with Crippen molar-refractivity contribution in [1.29, 1.82) is 5.26 Å². The minimum Gasteiger partial charge on any atom is -0.361 e. The van der Waals surface area contributed by atoms with Crippen LogP contribution in [-0.2, 0) is 6.54 Å². The van der Waals surface area contributed by atoms with E-state index in [2.05, 4.69) is 26.2 Å². The van der Waals surface area contributed by atoms with Crippen LogP contribution in [-0.4, -0.2) is 34.3 Å². The Morgan fingerprint density at radius 1 is 1.15 bits per heavy atom. The minimum atomic E-state index is 0.394. The Labute approximate surface area is 155 Å². The van der Waals surface area contributed by atoms with Crippen molar-refractivity contribution in [3.8, 4) is 17.5 Å². The third kappa shape index (κ3) is 3.96. The van der Waals surface area contributed by atoms with Crippen LogP contribution >= 0.6 is 11.8 Å². The van der Waals surface area contributed by atoms with Gasteiger partial charge in [-0.2, -0.15) is 10.4 Å². The molecular formula is C18H17N7S. The average molecular weight is 363 g/mol. The third-order valence-electron chi connectivity index (χ3n) is 3.60. The number of nitriles is 1. The summed E-state index contributed by atoms with van der Waals surface area (Å²) in [4.78, 5) is 12.5. The van der Waals surface area contributed by atoms with Crippen LogP contribution in [0.4, 0.5) is 5.82 Å². The van der Waals surface area contributed by atoms with Crippen molar-refractivity contribution in [2.45, 2.75) is 16.3 Å². The fourth-order valence-corrected chi connectivity index (χ4v) is 3.17. The average Bonchev–Trinajstić information content (AvgIpc) is 2.68. The summed E-state index contributed by atoms with van der Waals surface area (Å²) < 4.78 is 0. The fraction of sp³-hybridized carbons (Fsp3) is 0.167. The highest BCUT2D eigenvalue weighted by molar-refractivity contribution is 7.99. The zero-order valence-electron chi connectivity index (χ0n) is 14.4. The molecule has 0 spiro atoms. The molecule has 0 saturated heterocycles. The lowest BCUT2D eigenvalue weighted by Crippen LogP contribution is -2.11. The summed E-state index contributed by atoms with van der Waals surface area (Å²) in [7, 11) is 3.82. The lowest BCUT2D eigenvalue weighted by atomic mass is 10.1. The van der Waals surface area contributed by atoms with E-state index in [-0.39, 0.29) is 0 Å². The lowest BCUT2D eigenvalue weighted by Gasteiger charge is -2.12. The first kappa shape index (κ1) is 17.8. The maximum Gasteiger partial charge on any atom is 0.160 e. The van der Waals surface area contributed by atoms with Gasteiger partial charge in [0.05, 0.1) is 17.8 Å². The summed E-state index contributed by atoms with van der Waals surface area (Å²) in [6.07, 6.45) is 5.12. The summed E-state index contributed by atoms with van der Waals surface area (Å²) in [5, 5.41) is 17.4. The van der Waals surface area contributed by atoms with Crippen LogP contribution < -0.4 is 10.6 Å². The molecule has 3 aromatic rings. The summed E-state index contributed by atoms with van der Waals surface area (Å²) >= 11 is 1.50. The molecule has 2 N–H and O–H groups in total. The van der Waals surface area contributed by atoms with Crippen LogP contribution in [0.25, 0.3) is 11.4 Å². The van der Waals surface area contributed by atoms with Gasteiger partial charge < -0.3 is 10.6 Å². The van der Waals surface area contributed by atoms with Crippen molar-refractivity contribution in [1.82, 2.24) is 20.2 Å². The van der Waals surface area contributed by atoms with Gasteiger partial charge in [-0.1, -0.05) is 11.8 Å². The molecule has 0 aliphatic rings. The van der Waals surface area contributed by atoms with Gasteiger partial charge in [0.2, 0.25) is 0 Å². The van der Waals surface area contributed by atoms with Crippen molar-refractivity contribution in [2.75, 3.05) is 19.0 Å². The second kappa shape index (κ2) is 7.91. The summed E-state index contributed by atoms with van der Waals surface area (Å²) in [5.41, 5.74) is 7.90. The van der Waals surface area contributed by atoms with E-state index in [9.17, 15) is 5.26 Å². The molecule has 0 bridgehead atoms. The fourth-order valence-electron chi connectivity index (χ4n) is 2.20. The van der Waals surface area contributed by atoms with E-state index >= 15 is 0 Å². The summed E-state index contributed by atoms with van der Waals surface area (Å²) in [6, 6.07) is 9.57. The Kier molecular flexibility index (Phi) is 5.41. The van der Waals surface area contributed by atoms with Crippen LogP contribution in [0.15, 0.2) is 52.6 Å². The second-order valence-corrected chi connectivity index (χ2v) is 6.80. The van der Waals surface area contributed by atoms with E-state index in [0.717, 1.165) is 26.7 Å². The number of nitrogens with two attached hydrogens (primary N) is 1. The first-order valence-corrected chi connectivity index (χ1v) is 8.66. The van der Waals surface area contributed by atoms with Crippen LogP contribution in [0, 0.1) is 11.3 Å². The first-order chi connectivity index (χ1) is 12.6. The number of hydrogen-bond acceptors (Lipinski definition) is 8. The van der Waals surface area contributed by atoms with Gasteiger partial charge in [0, 0.05) is 54.0 Å². The Balaban J connectivity index is 2.01. The standard InChI is InChI=1S/C18H17N7S/c1-25(2)17-6-14(11-23-24-17)26-16-5-12(7-19)3-4-15(16)18-21-9-13(8-20)10-22-18/h3-6,9-11H,8,20H2,1-2H3. The van der Waals surface area contributed by atoms with E-state index in [4.69, 9.17) is 5.73 Å². The van der Waals surface area contributed by atoms with Gasteiger partial charge in [-0.25, -0.2) is 9.97 Å². The molecule has 7 nitrogen and oxygen atoms in total. The molecule has 0 fully saturated rings. The summed E-state index contributed by atoms with van der Waals surface area (Å²) in [5.74, 6) is 1.35. The van der Waals surface area contributed by atoms with Gasteiger partial charge in [0.1, 0.15) is 0 Å². The number of benzene rings is 1. The van der Waals surface area contributed by atoms with E-state index in [1.54, 1.807) is 24.7 Å². The number of anilines is 1. The van der Waals surface area contributed by atoms with Crippen LogP contribution in [0.3, 0.4) is 0 Å². The lowest BCUT2D eigenvalue weighted by molar-refractivity contribution is 0.941. The maximum absolute atomic E-state index is 9.24. The van der Waals surface area contributed by atoms with Gasteiger partial charge in [-0.3, -0.25) is 0 Å². The highest BCUT2D eigenvalue weighted by atomic mass is 32.2. The van der Waals surface area contributed by atoms with E-state index in [1.165, 1.54) is 11.8 Å². The molecule has 0 aliphatic carbocycles. The zero-order chi connectivity index (χ0) is 18.5. The largest absolute Gasteiger partial charge is 0.361 e. The topological polar surface area (TPSA) is 105 Å². The zero-order valence-corrected chi connectivity index (χ0v) is 15.2. The Hall–Kier alpha value is -3.02. The van der Waals surface area contributed by atoms with E-state index < -0.39 is 0 Å². The molecular weight excluding hydrogens is 346 g/mol.